The molecule has 0 amide bonds. The van der Waals surface area contributed by atoms with Crippen LogP contribution in [0.5, 0.6) is 0 Å². The van der Waals surface area contributed by atoms with Crippen molar-refractivity contribution in [2.45, 2.75) is 95.4 Å². The second-order valence-corrected chi connectivity index (χ2v) is 9.19. The lowest BCUT2D eigenvalue weighted by Crippen LogP contribution is -1.92. The summed E-state index contributed by atoms with van der Waals surface area (Å²) in [5.74, 6) is 0.912. The van der Waals surface area contributed by atoms with Crippen LogP contribution in [-0.4, -0.2) is 7.11 Å². The molecule has 0 aliphatic rings. The smallest absolute Gasteiger partial charge is 0.117 e. The van der Waals surface area contributed by atoms with Gasteiger partial charge in [-0.15, -0.1) is 0 Å². The van der Waals surface area contributed by atoms with Gasteiger partial charge < -0.3 is 15.4 Å². The molecule has 46 heavy (non-hydrogen) atoms. The Bertz CT molecular complexity index is 1190. The van der Waals surface area contributed by atoms with Crippen molar-refractivity contribution in [3.63, 3.8) is 0 Å². The van der Waals surface area contributed by atoms with E-state index in [0.717, 1.165) is 41.2 Å². The molecule has 0 atom stereocenters. The number of allylic oxidation sites excluding steroid dienone is 7. The number of hydrogen-bond donors (Lipinski definition) is 2. The van der Waals surface area contributed by atoms with Crippen molar-refractivity contribution in [2.24, 2.45) is 0 Å². The molecular weight excluding hydrogens is 560 g/mol. The van der Waals surface area contributed by atoms with Crippen molar-refractivity contribution in [3.8, 4) is 0 Å². The highest BCUT2D eigenvalue weighted by atomic mass is 16.5. The maximum absolute atomic E-state index is 5.36. The van der Waals surface area contributed by atoms with Crippen LogP contribution in [0.1, 0.15) is 92.7 Å². The number of para-hydroxylation sites is 1. The summed E-state index contributed by atoms with van der Waals surface area (Å²) in [6, 6.07) is 26.9. The fourth-order valence-electron chi connectivity index (χ4n) is 3.45. The van der Waals surface area contributed by atoms with Crippen LogP contribution in [0.2, 0.25) is 0 Å². The monoisotopic (exact) mass is 627 g/mol. The van der Waals surface area contributed by atoms with Gasteiger partial charge in [-0.3, -0.25) is 0 Å². The summed E-state index contributed by atoms with van der Waals surface area (Å²) < 4.78 is 5.36. The average molecular weight is 627 g/mol. The zero-order valence-electron chi connectivity index (χ0n) is 31.3. The van der Waals surface area contributed by atoms with E-state index < -0.39 is 0 Å². The lowest BCUT2D eigenvalue weighted by molar-refractivity contribution is 0.297. The predicted octanol–water partition coefficient (Wildman–Crippen LogP) is 14.2. The first-order chi connectivity index (χ1) is 22.5. The molecule has 0 aliphatic carbocycles. The Labute approximate surface area is 284 Å². The highest BCUT2D eigenvalue weighted by Crippen LogP contribution is 2.18. The molecule has 3 aromatic rings. The molecule has 0 aromatic heterocycles. The van der Waals surface area contributed by atoms with Gasteiger partial charge in [-0.05, 0) is 87.7 Å². The summed E-state index contributed by atoms with van der Waals surface area (Å²) in [6.07, 6.45) is 17.0. The Morgan fingerprint density at radius 1 is 0.717 bits per heavy atom. The van der Waals surface area contributed by atoms with E-state index in [9.17, 15) is 0 Å². The summed E-state index contributed by atoms with van der Waals surface area (Å²) in [6.45, 7) is 26.2. The van der Waals surface area contributed by atoms with Crippen molar-refractivity contribution in [3.05, 3.63) is 151 Å². The van der Waals surface area contributed by atoms with Crippen molar-refractivity contribution >= 4 is 17.1 Å². The van der Waals surface area contributed by atoms with Crippen LogP contribution in [-0.2, 0) is 4.74 Å². The molecule has 0 bridgehead atoms. The maximum atomic E-state index is 5.36. The van der Waals surface area contributed by atoms with Gasteiger partial charge in [0.2, 0.25) is 0 Å². The topological polar surface area (TPSA) is 33.3 Å². The Morgan fingerprint density at radius 2 is 1.20 bits per heavy atom. The van der Waals surface area contributed by atoms with Crippen LogP contribution in [0.3, 0.4) is 0 Å². The number of benzene rings is 3. The van der Waals surface area contributed by atoms with Crippen LogP contribution >= 0.6 is 0 Å². The zero-order chi connectivity index (χ0) is 35.4. The fourth-order valence-corrected chi connectivity index (χ4v) is 3.45. The maximum Gasteiger partial charge on any atom is 0.117 e. The third kappa shape index (κ3) is 25.1. The second kappa shape index (κ2) is 35.2. The molecular formula is C43H66N2O. The Morgan fingerprint density at radius 3 is 1.65 bits per heavy atom. The molecule has 0 aliphatic heterocycles. The fraction of sp³-hybridized carbons (Fsp3) is 0.349. The van der Waals surface area contributed by atoms with Gasteiger partial charge in [0.1, 0.15) is 5.76 Å². The number of rotatable bonds is 11. The molecule has 254 valence electrons. The van der Waals surface area contributed by atoms with E-state index >= 15 is 0 Å². The Balaban J connectivity index is -0.000000681. The van der Waals surface area contributed by atoms with Crippen LogP contribution in [0.4, 0.5) is 17.1 Å². The van der Waals surface area contributed by atoms with E-state index in [0.29, 0.717) is 0 Å². The minimum absolute atomic E-state index is 0.912. The lowest BCUT2D eigenvalue weighted by Gasteiger charge is -2.08. The molecule has 2 N–H and O–H groups in total. The molecule has 0 heterocycles. The molecule has 0 unspecified atom stereocenters. The Kier molecular flexibility index (Phi) is 35.4. The highest BCUT2D eigenvalue weighted by molar-refractivity contribution is 5.59. The molecule has 3 heteroatoms. The van der Waals surface area contributed by atoms with E-state index in [4.69, 9.17) is 4.74 Å². The van der Waals surface area contributed by atoms with Gasteiger partial charge in [0, 0.05) is 23.3 Å². The van der Waals surface area contributed by atoms with Crippen LogP contribution in [0.15, 0.2) is 139 Å². The minimum Gasteiger partial charge on any atom is -0.497 e. The van der Waals surface area contributed by atoms with E-state index in [1.807, 2.05) is 91.1 Å². The molecule has 0 radical (unpaired) electrons. The highest BCUT2D eigenvalue weighted by Gasteiger charge is 2.02. The number of methoxy groups -OCH3 is 1. The summed E-state index contributed by atoms with van der Waals surface area (Å²) >= 11 is 0. The lowest BCUT2D eigenvalue weighted by atomic mass is 10.1. The van der Waals surface area contributed by atoms with Crippen molar-refractivity contribution in [2.75, 3.05) is 17.7 Å². The second-order valence-electron chi connectivity index (χ2n) is 9.19. The van der Waals surface area contributed by atoms with E-state index in [2.05, 4.69) is 118 Å². The van der Waals surface area contributed by atoms with Gasteiger partial charge in [0.05, 0.1) is 7.11 Å². The van der Waals surface area contributed by atoms with Crippen molar-refractivity contribution in [1.82, 2.24) is 0 Å². The molecule has 0 spiro atoms. The number of ether oxygens (including phenoxy) is 1. The number of hydrogen-bond acceptors (Lipinski definition) is 3. The third-order valence-electron chi connectivity index (χ3n) is 5.46. The largest absolute Gasteiger partial charge is 0.497 e. The first kappa shape index (κ1) is 46.2. The van der Waals surface area contributed by atoms with Crippen molar-refractivity contribution < 1.29 is 4.74 Å². The molecule has 3 nitrogen and oxygen atoms in total. The average Bonchev–Trinajstić information content (AvgIpc) is 3.10. The SMILES string of the molecule is C=C/C=C(CC/C=C\C=C\Nc1ccc(C)cc1)\C(=C/C)OC.CC.CC.CC.CCC.Cc1ccc(Nc2ccccc2)cc1. The quantitative estimate of drug-likeness (QED) is 0.164. The first-order valence-corrected chi connectivity index (χ1v) is 17.0. The van der Waals surface area contributed by atoms with Gasteiger partial charge in [-0.25, -0.2) is 0 Å². The minimum atomic E-state index is 0.912. The normalized spacial score (nSPS) is 10.2. The summed E-state index contributed by atoms with van der Waals surface area (Å²) in [7, 11) is 1.70. The molecule has 3 rings (SSSR count). The molecule has 0 fully saturated rings. The third-order valence-corrected chi connectivity index (χ3v) is 5.46. The number of nitrogens with one attached hydrogen (secondary N) is 2. The zero-order valence-corrected chi connectivity index (χ0v) is 31.3. The van der Waals surface area contributed by atoms with Crippen LogP contribution in [0, 0.1) is 13.8 Å². The number of anilines is 3. The number of aryl methyl sites for hydroxylation is 2. The van der Waals surface area contributed by atoms with Gasteiger partial charge in [0.15, 0.2) is 0 Å². The summed E-state index contributed by atoms with van der Waals surface area (Å²) in [4.78, 5) is 0. The standard InChI is InChI=1S/C21H27NO.C13H13N.C3H8.3C2H6/c1-5-11-19(21(6-2)23-4)12-9-7-8-10-17-22-20-15-13-18(3)14-16-20;1-11-7-9-13(10-8-11)14-12-5-3-2-4-6-12;1-3-2;3*1-2/h5-8,10-11,13-17,22H,1,9,12H2,2-4H3;2-10,14H,1H3;3H2,1-2H3;3*1-2H3/b8-7-,17-10+,19-11-,21-6+;;;;;. The molecule has 0 saturated heterocycles. The summed E-state index contributed by atoms with van der Waals surface area (Å²) in [5.41, 5.74) is 7.05. The first-order valence-electron chi connectivity index (χ1n) is 17.0. The summed E-state index contributed by atoms with van der Waals surface area (Å²) in [5, 5.41) is 6.57. The van der Waals surface area contributed by atoms with Gasteiger partial charge in [-0.1, -0.05) is 146 Å². The molecule has 0 saturated carbocycles. The van der Waals surface area contributed by atoms with Gasteiger partial charge in [0.25, 0.3) is 0 Å². The van der Waals surface area contributed by atoms with E-state index in [1.165, 1.54) is 17.5 Å². The van der Waals surface area contributed by atoms with E-state index in [-0.39, 0.29) is 0 Å². The van der Waals surface area contributed by atoms with Crippen LogP contribution in [0.25, 0.3) is 0 Å². The van der Waals surface area contributed by atoms with Crippen molar-refractivity contribution in [1.29, 1.82) is 0 Å². The van der Waals surface area contributed by atoms with Crippen LogP contribution < -0.4 is 10.6 Å². The predicted molar refractivity (Wildman–Crippen MR) is 212 cm³/mol. The van der Waals surface area contributed by atoms with E-state index in [1.54, 1.807) is 13.2 Å². The van der Waals surface area contributed by atoms with Gasteiger partial charge in [-0.2, -0.15) is 0 Å². The van der Waals surface area contributed by atoms with Gasteiger partial charge >= 0.3 is 0 Å². The Hall–Kier alpha value is -4.24. The molecule has 3 aromatic carbocycles.